The van der Waals surface area contributed by atoms with Crippen molar-refractivity contribution in [1.29, 1.82) is 0 Å². The second kappa shape index (κ2) is 40.1. The zero-order valence-electron chi connectivity index (χ0n) is 34.6. The highest BCUT2D eigenvalue weighted by Crippen LogP contribution is 2.43. The van der Waals surface area contributed by atoms with Gasteiger partial charge in [-0.05, 0) is 70.6 Å². The van der Waals surface area contributed by atoms with Crippen LogP contribution in [0.1, 0.15) is 181 Å². The van der Waals surface area contributed by atoms with Crippen LogP contribution in [-0.2, 0) is 32.7 Å². The van der Waals surface area contributed by atoms with E-state index in [1.54, 1.807) is 0 Å². The van der Waals surface area contributed by atoms with Gasteiger partial charge in [0.1, 0.15) is 12.2 Å². The molecule has 55 heavy (non-hydrogen) atoms. The van der Waals surface area contributed by atoms with E-state index in [0.29, 0.717) is 12.8 Å². The van der Waals surface area contributed by atoms with Gasteiger partial charge >= 0.3 is 19.8 Å². The minimum atomic E-state index is -4.64. The number of carbonyl (C=O) groups is 2. The number of ether oxygens (including phenoxy) is 2. The second-order valence-electron chi connectivity index (χ2n) is 14.3. The van der Waals surface area contributed by atoms with E-state index in [2.05, 4.69) is 62.5 Å². The van der Waals surface area contributed by atoms with Crippen LogP contribution in [0.4, 0.5) is 0 Å². The molecule has 3 N–H and O–H groups in total. The number of aliphatic hydroxyl groups excluding tert-OH is 2. The van der Waals surface area contributed by atoms with Crippen molar-refractivity contribution in [2.24, 2.45) is 0 Å². The molecule has 0 bridgehead atoms. The van der Waals surface area contributed by atoms with Crippen LogP contribution < -0.4 is 0 Å². The summed E-state index contributed by atoms with van der Waals surface area (Å²) in [5.41, 5.74) is 0. The van der Waals surface area contributed by atoms with Crippen molar-refractivity contribution < 1.29 is 47.8 Å². The number of aliphatic hydroxyl groups is 2. The molecule has 0 saturated heterocycles. The molecular formula is C44H79O10P. The number of hydrogen-bond acceptors (Lipinski definition) is 9. The van der Waals surface area contributed by atoms with Gasteiger partial charge in [0.15, 0.2) is 0 Å². The number of unbranched alkanes of at least 4 members (excludes halogenated alkanes) is 18. The molecule has 0 aliphatic rings. The van der Waals surface area contributed by atoms with Crippen LogP contribution in [0, 0.1) is 0 Å². The molecule has 0 rings (SSSR count). The summed E-state index contributed by atoms with van der Waals surface area (Å²) >= 11 is 0. The van der Waals surface area contributed by atoms with Gasteiger partial charge in [-0.3, -0.25) is 18.6 Å². The van der Waals surface area contributed by atoms with Crippen LogP contribution in [-0.4, -0.2) is 65.7 Å². The second-order valence-corrected chi connectivity index (χ2v) is 15.7. The van der Waals surface area contributed by atoms with Gasteiger partial charge in [0, 0.05) is 12.8 Å². The third-order valence-electron chi connectivity index (χ3n) is 9.03. The third-order valence-corrected chi connectivity index (χ3v) is 9.98. The fourth-order valence-corrected chi connectivity index (χ4v) is 6.50. The van der Waals surface area contributed by atoms with Gasteiger partial charge in [0.25, 0.3) is 0 Å². The van der Waals surface area contributed by atoms with Gasteiger partial charge in [-0.2, -0.15) is 0 Å². The van der Waals surface area contributed by atoms with Crippen molar-refractivity contribution in [1.82, 2.24) is 0 Å². The van der Waals surface area contributed by atoms with Crippen LogP contribution in [0.3, 0.4) is 0 Å². The zero-order chi connectivity index (χ0) is 40.5. The SMILES string of the molecule is CC/C=C\C/C=C\C/C=C\CCCCCCCCCC(=O)OC(CO)COP(=O)(O)OCC(CO)OC(=O)CCCCCCC/C=C\CCCCCCCC. The van der Waals surface area contributed by atoms with E-state index >= 15 is 0 Å². The van der Waals surface area contributed by atoms with E-state index < -0.39 is 58.4 Å². The predicted octanol–water partition coefficient (Wildman–Crippen LogP) is 11.3. The highest BCUT2D eigenvalue weighted by molar-refractivity contribution is 7.47. The summed E-state index contributed by atoms with van der Waals surface area (Å²) in [6.45, 7) is 2.07. The van der Waals surface area contributed by atoms with Crippen LogP contribution in [0.15, 0.2) is 48.6 Å². The van der Waals surface area contributed by atoms with E-state index in [9.17, 15) is 29.3 Å². The smallest absolute Gasteiger partial charge is 0.457 e. The Hall–Kier alpha value is -2.07. The molecular weight excluding hydrogens is 719 g/mol. The molecule has 0 aromatic rings. The highest BCUT2D eigenvalue weighted by atomic mass is 31.2. The van der Waals surface area contributed by atoms with Crippen molar-refractivity contribution in [3.63, 3.8) is 0 Å². The molecule has 0 aliphatic carbocycles. The number of esters is 2. The summed E-state index contributed by atoms with van der Waals surface area (Å²) in [6.07, 6.45) is 42.2. The van der Waals surface area contributed by atoms with E-state index in [4.69, 9.17) is 18.5 Å². The van der Waals surface area contributed by atoms with Gasteiger partial charge in [-0.15, -0.1) is 0 Å². The molecule has 0 fully saturated rings. The molecule has 10 nitrogen and oxygen atoms in total. The molecule has 0 saturated carbocycles. The molecule has 320 valence electrons. The largest absolute Gasteiger partial charge is 0.472 e. The fourth-order valence-electron chi connectivity index (χ4n) is 5.71. The summed E-state index contributed by atoms with van der Waals surface area (Å²) in [5.74, 6) is -1.04. The Morgan fingerprint density at radius 1 is 0.509 bits per heavy atom. The van der Waals surface area contributed by atoms with Crippen LogP contribution in [0.5, 0.6) is 0 Å². The molecule has 0 radical (unpaired) electrons. The summed E-state index contributed by atoms with van der Waals surface area (Å²) < 4.78 is 32.5. The summed E-state index contributed by atoms with van der Waals surface area (Å²) in [4.78, 5) is 34.5. The Labute approximate surface area is 334 Å². The van der Waals surface area contributed by atoms with Crippen molar-refractivity contribution >= 4 is 19.8 Å². The molecule has 0 aromatic heterocycles. The molecule has 0 spiro atoms. The lowest BCUT2D eigenvalue weighted by Gasteiger charge is -2.20. The number of phosphoric acid groups is 1. The number of carbonyl (C=O) groups excluding carboxylic acids is 2. The maximum absolute atomic E-state index is 12.4. The molecule has 3 atom stereocenters. The minimum Gasteiger partial charge on any atom is -0.457 e. The Kier molecular flexibility index (Phi) is 38.6. The molecule has 0 heterocycles. The fraction of sp³-hybridized carbons (Fsp3) is 0.773. The summed E-state index contributed by atoms with van der Waals surface area (Å²) in [7, 11) is -4.64. The number of allylic oxidation sites excluding steroid dienone is 8. The van der Waals surface area contributed by atoms with Gasteiger partial charge in [-0.25, -0.2) is 4.57 Å². The first-order valence-electron chi connectivity index (χ1n) is 21.6. The molecule has 3 unspecified atom stereocenters. The first-order valence-corrected chi connectivity index (χ1v) is 23.1. The molecule has 0 aliphatic heterocycles. The Morgan fingerprint density at radius 2 is 0.855 bits per heavy atom. The van der Waals surface area contributed by atoms with Crippen LogP contribution in [0.2, 0.25) is 0 Å². The lowest BCUT2D eigenvalue weighted by molar-refractivity contribution is -0.153. The van der Waals surface area contributed by atoms with Crippen molar-refractivity contribution in [2.45, 2.75) is 193 Å². The van der Waals surface area contributed by atoms with Gasteiger partial charge in [0.05, 0.1) is 26.4 Å². The average molecular weight is 799 g/mol. The molecule has 11 heteroatoms. The summed E-state index contributed by atoms with van der Waals surface area (Å²) in [6, 6.07) is 0. The summed E-state index contributed by atoms with van der Waals surface area (Å²) in [5, 5.41) is 19.2. The lowest BCUT2D eigenvalue weighted by Crippen LogP contribution is -2.28. The normalized spacial score (nSPS) is 14.3. The lowest BCUT2D eigenvalue weighted by atomic mass is 10.1. The first-order chi connectivity index (χ1) is 26.8. The Balaban J connectivity index is 3.95. The topological polar surface area (TPSA) is 149 Å². The van der Waals surface area contributed by atoms with E-state index in [0.717, 1.165) is 89.9 Å². The minimum absolute atomic E-state index is 0.179. The van der Waals surface area contributed by atoms with Gasteiger partial charge < -0.3 is 24.6 Å². The van der Waals surface area contributed by atoms with Gasteiger partial charge in [0.2, 0.25) is 0 Å². The third kappa shape index (κ3) is 38.6. The maximum Gasteiger partial charge on any atom is 0.472 e. The zero-order valence-corrected chi connectivity index (χ0v) is 35.5. The van der Waals surface area contributed by atoms with Crippen molar-refractivity contribution in [2.75, 3.05) is 26.4 Å². The quantitative estimate of drug-likeness (QED) is 0.0237. The predicted molar refractivity (Wildman–Crippen MR) is 224 cm³/mol. The first kappa shape index (κ1) is 52.9. The van der Waals surface area contributed by atoms with E-state index in [-0.39, 0.29) is 12.8 Å². The number of rotatable bonds is 40. The monoisotopic (exact) mass is 799 g/mol. The van der Waals surface area contributed by atoms with Crippen LogP contribution in [0.25, 0.3) is 0 Å². The molecule has 0 amide bonds. The highest BCUT2D eigenvalue weighted by Gasteiger charge is 2.27. The van der Waals surface area contributed by atoms with E-state index in [1.807, 2.05) is 0 Å². The van der Waals surface area contributed by atoms with Gasteiger partial charge in [-0.1, -0.05) is 146 Å². The Morgan fingerprint density at radius 3 is 1.25 bits per heavy atom. The van der Waals surface area contributed by atoms with Crippen molar-refractivity contribution in [3.8, 4) is 0 Å². The average Bonchev–Trinajstić information content (AvgIpc) is 3.17. The Bertz CT molecular complexity index is 1060. The van der Waals surface area contributed by atoms with Crippen molar-refractivity contribution in [3.05, 3.63) is 48.6 Å². The van der Waals surface area contributed by atoms with Crippen LogP contribution >= 0.6 is 7.82 Å². The number of hydrogen-bond donors (Lipinski definition) is 3. The maximum atomic E-state index is 12.4. The molecule has 0 aromatic carbocycles. The van der Waals surface area contributed by atoms with E-state index in [1.165, 1.54) is 51.4 Å². The number of phosphoric ester groups is 1. The standard InChI is InChI=1S/C44H79O10P/c1-3-5-7-9-11-13-15-17-19-20-22-24-26-28-30-32-34-36-44(48)54-42(38-46)40-52-55(49,50)51-39-41(37-45)53-43(47)35-33-31-29-27-25-23-21-18-16-14-12-10-8-6-4-2/h5,7,11,13,17-19,21,41-42,45-46H,3-4,6,8-10,12,14-16,20,22-40H2,1-2H3,(H,49,50)/b7-5-,13-11-,19-17-,21-18-.